The monoisotopic (exact) mass is 251 g/mol. The summed E-state index contributed by atoms with van der Waals surface area (Å²) in [5.41, 5.74) is 1.80. The lowest BCUT2D eigenvalue weighted by molar-refractivity contribution is -0.120. The number of hydrogen-bond acceptors (Lipinski definition) is 2. The van der Waals surface area contributed by atoms with Gasteiger partial charge in [0.15, 0.2) is 0 Å². The van der Waals surface area contributed by atoms with E-state index in [1.54, 1.807) is 0 Å². The van der Waals surface area contributed by atoms with Gasteiger partial charge >= 0.3 is 0 Å². The smallest absolute Gasteiger partial charge is 0.247 e. The molecule has 0 radical (unpaired) electrons. The molecule has 2 aliphatic rings. The highest BCUT2D eigenvalue weighted by molar-refractivity contribution is 5.94. The number of carbonyl (C=O) groups excluding carboxylic acids is 1. The molecule has 0 aromatic heterocycles. The zero-order valence-corrected chi connectivity index (χ0v) is 12.2. The van der Waals surface area contributed by atoms with E-state index in [1.165, 1.54) is 12.0 Å². The maximum absolute atomic E-state index is 12.2. The molecule has 0 unspecified atom stereocenters. The van der Waals surface area contributed by atoms with Gasteiger partial charge in [0.1, 0.15) is 0 Å². The summed E-state index contributed by atoms with van der Waals surface area (Å²) in [6.45, 7) is 10.2. The van der Waals surface area contributed by atoms with Crippen LogP contribution in [-0.4, -0.2) is 23.2 Å². The van der Waals surface area contributed by atoms with Crippen molar-refractivity contribution in [1.29, 1.82) is 0 Å². The average Bonchev–Trinajstić information content (AvgIpc) is 2.30. The number of nitrogens with one attached hydrogen (secondary N) is 1. The maximum Gasteiger partial charge on any atom is 0.247 e. The number of carbonyl (C=O) groups is 1. The summed E-state index contributed by atoms with van der Waals surface area (Å²) in [5.74, 6) is 0.0871. The zero-order chi connectivity index (χ0) is 13.6. The highest BCUT2D eigenvalue weighted by atomic mass is 16.5. The van der Waals surface area contributed by atoms with Gasteiger partial charge < -0.3 is 10.1 Å². The Bertz CT molecular complexity index is 387. The van der Waals surface area contributed by atoms with Crippen molar-refractivity contribution in [2.24, 2.45) is 0 Å². The second-order valence-electron chi connectivity index (χ2n) is 6.78. The number of allylic oxidation sites excluding steroid dienone is 1. The van der Waals surface area contributed by atoms with E-state index in [1.807, 2.05) is 6.92 Å². The third-order valence-electron chi connectivity index (χ3n) is 4.21. The van der Waals surface area contributed by atoms with Crippen LogP contribution in [0.2, 0.25) is 0 Å². The fraction of sp³-hybridized carbons (Fsp3) is 0.800. The highest BCUT2D eigenvalue weighted by Crippen LogP contribution is 2.37. The van der Waals surface area contributed by atoms with Crippen molar-refractivity contribution in [2.75, 3.05) is 0 Å². The Morgan fingerprint density at radius 3 is 2.28 bits per heavy atom. The first kappa shape index (κ1) is 13.6. The SMILES string of the molecule is CC(C(=O)N[C@H]1CC(C)(C)OC1(C)C)=C1CCC1. The molecule has 0 aromatic rings. The summed E-state index contributed by atoms with van der Waals surface area (Å²) >= 11 is 0. The van der Waals surface area contributed by atoms with E-state index in [4.69, 9.17) is 4.74 Å². The molecule has 0 bridgehead atoms. The van der Waals surface area contributed by atoms with Gasteiger partial charge in [-0.25, -0.2) is 0 Å². The molecule has 1 heterocycles. The normalized spacial score (nSPS) is 28.7. The van der Waals surface area contributed by atoms with Crippen molar-refractivity contribution in [3.8, 4) is 0 Å². The molecule has 102 valence electrons. The average molecular weight is 251 g/mol. The fourth-order valence-corrected chi connectivity index (χ4v) is 2.94. The first-order chi connectivity index (χ1) is 8.21. The van der Waals surface area contributed by atoms with Crippen LogP contribution in [-0.2, 0) is 9.53 Å². The molecular formula is C15H25NO2. The molecule has 0 aromatic carbocycles. The molecule has 1 aliphatic heterocycles. The third kappa shape index (κ3) is 2.61. The molecule has 1 amide bonds. The molecule has 3 heteroatoms. The lowest BCUT2D eigenvalue weighted by Gasteiger charge is -2.28. The van der Waals surface area contributed by atoms with E-state index < -0.39 is 0 Å². The van der Waals surface area contributed by atoms with Crippen molar-refractivity contribution in [2.45, 2.75) is 77.5 Å². The Morgan fingerprint density at radius 2 is 1.89 bits per heavy atom. The van der Waals surface area contributed by atoms with Crippen molar-refractivity contribution in [3.05, 3.63) is 11.1 Å². The lowest BCUT2D eigenvalue weighted by atomic mass is 9.87. The molecule has 1 N–H and O–H groups in total. The van der Waals surface area contributed by atoms with Gasteiger partial charge in [0.05, 0.1) is 17.2 Å². The molecule has 2 rings (SSSR count). The van der Waals surface area contributed by atoms with Crippen LogP contribution in [0.25, 0.3) is 0 Å². The van der Waals surface area contributed by atoms with Crippen molar-refractivity contribution < 1.29 is 9.53 Å². The second kappa shape index (κ2) is 4.37. The molecule has 1 saturated carbocycles. The number of ether oxygens (including phenoxy) is 1. The van der Waals surface area contributed by atoms with Gasteiger partial charge in [-0.1, -0.05) is 5.57 Å². The maximum atomic E-state index is 12.2. The van der Waals surface area contributed by atoms with E-state index >= 15 is 0 Å². The number of hydrogen-bond donors (Lipinski definition) is 1. The largest absolute Gasteiger partial charge is 0.367 e. The van der Waals surface area contributed by atoms with Crippen LogP contribution in [0.15, 0.2) is 11.1 Å². The first-order valence-electron chi connectivity index (χ1n) is 6.91. The van der Waals surface area contributed by atoms with Crippen LogP contribution in [0.4, 0.5) is 0 Å². The summed E-state index contributed by atoms with van der Waals surface area (Å²) in [6, 6.07) is 0.0932. The summed E-state index contributed by atoms with van der Waals surface area (Å²) in [6.07, 6.45) is 4.28. The molecular weight excluding hydrogens is 226 g/mol. The third-order valence-corrected chi connectivity index (χ3v) is 4.21. The topological polar surface area (TPSA) is 38.3 Å². The van der Waals surface area contributed by atoms with E-state index in [0.29, 0.717) is 0 Å². The quantitative estimate of drug-likeness (QED) is 0.766. The lowest BCUT2D eigenvalue weighted by Crippen LogP contribution is -2.46. The van der Waals surface area contributed by atoms with Crippen LogP contribution in [0.3, 0.4) is 0 Å². The molecule has 18 heavy (non-hydrogen) atoms. The molecule has 2 fully saturated rings. The van der Waals surface area contributed by atoms with E-state index in [9.17, 15) is 4.79 Å². The minimum Gasteiger partial charge on any atom is -0.367 e. The van der Waals surface area contributed by atoms with E-state index in [0.717, 1.165) is 24.8 Å². The second-order valence-corrected chi connectivity index (χ2v) is 6.78. The van der Waals surface area contributed by atoms with Crippen LogP contribution in [0.1, 0.15) is 60.3 Å². The Labute approximate surface area is 110 Å². The Kier molecular flexibility index (Phi) is 3.30. The minimum atomic E-state index is -0.288. The van der Waals surface area contributed by atoms with Crippen molar-refractivity contribution in [3.63, 3.8) is 0 Å². The predicted octanol–water partition coefficient (Wildman–Crippen LogP) is 2.95. The first-order valence-corrected chi connectivity index (χ1v) is 6.91. The van der Waals surface area contributed by atoms with E-state index in [2.05, 4.69) is 33.0 Å². The Hall–Kier alpha value is -0.830. The van der Waals surface area contributed by atoms with Gasteiger partial charge in [0.25, 0.3) is 0 Å². The van der Waals surface area contributed by atoms with E-state index in [-0.39, 0.29) is 23.2 Å². The van der Waals surface area contributed by atoms with Crippen LogP contribution in [0, 0.1) is 0 Å². The number of amides is 1. The van der Waals surface area contributed by atoms with Gasteiger partial charge in [-0.05, 0) is 60.3 Å². The minimum absolute atomic E-state index is 0.0871. The fourth-order valence-electron chi connectivity index (χ4n) is 2.94. The molecule has 1 atom stereocenters. The highest BCUT2D eigenvalue weighted by Gasteiger charge is 2.46. The Balaban J connectivity index is 2.04. The van der Waals surface area contributed by atoms with Crippen molar-refractivity contribution >= 4 is 5.91 Å². The van der Waals surface area contributed by atoms with Crippen LogP contribution < -0.4 is 5.32 Å². The van der Waals surface area contributed by atoms with Gasteiger partial charge in [-0.2, -0.15) is 0 Å². The summed E-state index contributed by atoms with van der Waals surface area (Å²) in [7, 11) is 0. The summed E-state index contributed by atoms with van der Waals surface area (Å²) in [4.78, 5) is 12.2. The zero-order valence-electron chi connectivity index (χ0n) is 12.2. The van der Waals surface area contributed by atoms with Crippen molar-refractivity contribution in [1.82, 2.24) is 5.32 Å². The van der Waals surface area contributed by atoms with Gasteiger partial charge in [-0.3, -0.25) is 4.79 Å². The predicted molar refractivity (Wildman–Crippen MR) is 72.3 cm³/mol. The molecule has 3 nitrogen and oxygen atoms in total. The standard InChI is InChI=1S/C15H25NO2/c1-10(11-7-6-8-11)13(17)16-12-9-14(2,3)18-15(12,4)5/h12H,6-9H2,1-5H3,(H,16,17)/t12-/m0/s1. The summed E-state index contributed by atoms with van der Waals surface area (Å²) < 4.78 is 6.00. The molecule has 0 spiro atoms. The summed E-state index contributed by atoms with van der Waals surface area (Å²) in [5, 5.41) is 3.15. The molecule has 1 saturated heterocycles. The van der Waals surface area contributed by atoms with Crippen LogP contribution in [0.5, 0.6) is 0 Å². The van der Waals surface area contributed by atoms with Crippen LogP contribution >= 0.6 is 0 Å². The van der Waals surface area contributed by atoms with Gasteiger partial charge in [-0.15, -0.1) is 0 Å². The Morgan fingerprint density at radius 1 is 1.28 bits per heavy atom. The molecule has 1 aliphatic carbocycles. The number of rotatable bonds is 2. The van der Waals surface area contributed by atoms with Gasteiger partial charge in [0, 0.05) is 5.57 Å². The van der Waals surface area contributed by atoms with Gasteiger partial charge in [0.2, 0.25) is 5.91 Å².